The Morgan fingerprint density at radius 2 is 1.64 bits per heavy atom. The van der Waals surface area contributed by atoms with Crippen LogP contribution in [0.4, 0.5) is 0 Å². The molecule has 122 valence electrons. The monoisotopic (exact) mass is 328 g/mol. The predicted octanol–water partition coefficient (Wildman–Crippen LogP) is 3.85. The van der Waals surface area contributed by atoms with Gasteiger partial charge in [-0.15, -0.1) is 5.10 Å². The summed E-state index contributed by atoms with van der Waals surface area (Å²) < 4.78 is 7.56. The number of aromatic nitrogens is 4. The number of ether oxygens (including phenoxy) is 1. The third-order valence-corrected chi connectivity index (χ3v) is 3.93. The van der Waals surface area contributed by atoms with Gasteiger partial charge >= 0.3 is 0 Å². The highest BCUT2D eigenvalue weighted by Gasteiger charge is 2.19. The van der Waals surface area contributed by atoms with Gasteiger partial charge in [0, 0.05) is 11.8 Å². The number of para-hydroxylation sites is 1. The summed E-state index contributed by atoms with van der Waals surface area (Å²) in [5.74, 6) is 0.690. The third-order valence-electron chi connectivity index (χ3n) is 3.93. The van der Waals surface area contributed by atoms with Crippen molar-refractivity contribution in [2.24, 2.45) is 0 Å². The van der Waals surface area contributed by atoms with E-state index in [2.05, 4.69) is 15.3 Å². The first-order valence-corrected chi connectivity index (χ1v) is 7.94. The lowest BCUT2D eigenvalue weighted by molar-refractivity contribution is 0.369. The average Bonchev–Trinajstić information content (AvgIpc) is 3.11. The lowest BCUT2D eigenvalue weighted by Crippen LogP contribution is -2.07. The number of methoxy groups -OCH3 is 1. The van der Waals surface area contributed by atoms with Crippen LogP contribution < -0.4 is 0 Å². The van der Waals surface area contributed by atoms with Gasteiger partial charge < -0.3 is 4.74 Å². The van der Waals surface area contributed by atoms with Gasteiger partial charge in [-0.25, -0.2) is 4.68 Å². The number of hydrogen-bond donors (Lipinski definition) is 0. The summed E-state index contributed by atoms with van der Waals surface area (Å²) in [5.41, 5.74) is 4.18. The van der Waals surface area contributed by atoms with Crippen molar-refractivity contribution < 1.29 is 4.74 Å². The fraction of sp³-hybridized carbons (Fsp3) is 0.0500. The van der Waals surface area contributed by atoms with Crippen molar-refractivity contribution in [3.05, 3.63) is 90.3 Å². The van der Waals surface area contributed by atoms with Gasteiger partial charge in [0.25, 0.3) is 0 Å². The predicted molar refractivity (Wildman–Crippen MR) is 97.4 cm³/mol. The Labute approximate surface area is 145 Å². The van der Waals surface area contributed by atoms with Crippen molar-refractivity contribution in [3.63, 3.8) is 0 Å². The molecular weight excluding hydrogens is 312 g/mol. The first-order chi connectivity index (χ1) is 12.4. The Morgan fingerprint density at radius 3 is 2.40 bits per heavy atom. The normalized spacial score (nSPS) is 12.0. The molecule has 0 radical (unpaired) electrons. The fourth-order valence-electron chi connectivity index (χ4n) is 2.80. The number of pyridine rings is 1. The molecule has 4 aromatic rings. The van der Waals surface area contributed by atoms with Crippen LogP contribution in [0.25, 0.3) is 22.5 Å². The quantitative estimate of drug-likeness (QED) is 0.534. The Kier molecular flexibility index (Phi) is 3.96. The van der Waals surface area contributed by atoms with Crippen LogP contribution in [0.5, 0.6) is 0 Å². The summed E-state index contributed by atoms with van der Waals surface area (Å²) >= 11 is 0. The third kappa shape index (κ3) is 2.76. The molecule has 0 aliphatic rings. The van der Waals surface area contributed by atoms with Gasteiger partial charge in [0.2, 0.25) is 0 Å². The van der Waals surface area contributed by atoms with E-state index >= 15 is 0 Å². The van der Waals surface area contributed by atoms with Gasteiger partial charge in [-0.05, 0) is 24.3 Å². The van der Waals surface area contributed by atoms with Crippen molar-refractivity contribution >= 4 is 22.5 Å². The summed E-state index contributed by atoms with van der Waals surface area (Å²) in [7, 11) is 1.66. The molecule has 0 saturated heterocycles. The molecule has 0 N–H and O–H groups in total. The number of hydrogen-bond acceptors (Lipinski definition) is 4. The van der Waals surface area contributed by atoms with Crippen molar-refractivity contribution in [3.8, 4) is 0 Å². The van der Waals surface area contributed by atoms with E-state index in [4.69, 9.17) is 4.74 Å². The Hall–Kier alpha value is -3.47. The Bertz CT molecular complexity index is 1020. The number of benzene rings is 2. The second-order valence-electron chi connectivity index (χ2n) is 5.45. The molecule has 0 unspecified atom stereocenters. The van der Waals surface area contributed by atoms with E-state index in [1.54, 1.807) is 18.0 Å². The van der Waals surface area contributed by atoms with E-state index in [-0.39, 0.29) is 0 Å². The maximum Gasteiger partial charge on any atom is 0.154 e. The zero-order valence-electron chi connectivity index (χ0n) is 13.7. The molecule has 0 aliphatic heterocycles. The molecule has 2 heterocycles. The van der Waals surface area contributed by atoms with Gasteiger partial charge in [-0.3, -0.25) is 4.98 Å². The SMILES string of the molecule is CO/C(=C(\c1ccccn1)n1nnc2ccccc21)c1ccccc1. The standard InChI is InChI=1S/C20H16N4O/c1-25-20(15-9-3-2-4-10-15)19(17-12-7-8-14-21-17)24-18-13-6-5-11-16(18)22-23-24/h2-14H,1H3/b20-19+. The highest BCUT2D eigenvalue weighted by Crippen LogP contribution is 2.29. The molecule has 2 aromatic carbocycles. The van der Waals surface area contributed by atoms with Gasteiger partial charge in [-0.2, -0.15) is 0 Å². The highest BCUT2D eigenvalue weighted by molar-refractivity contribution is 5.90. The lowest BCUT2D eigenvalue weighted by atomic mass is 10.1. The molecule has 25 heavy (non-hydrogen) atoms. The molecular formula is C20H16N4O. The van der Waals surface area contributed by atoms with Crippen LogP contribution in [0.1, 0.15) is 11.3 Å². The molecule has 0 bridgehead atoms. The van der Waals surface area contributed by atoms with E-state index in [1.807, 2.05) is 72.8 Å². The van der Waals surface area contributed by atoms with Crippen LogP contribution in [-0.2, 0) is 4.74 Å². The molecule has 5 heteroatoms. The van der Waals surface area contributed by atoms with Gasteiger partial charge in [0.1, 0.15) is 11.2 Å². The van der Waals surface area contributed by atoms with Crippen LogP contribution in [0.15, 0.2) is 79.0 Å². The van der Waals surface area contributed by atoms with E-state index in [1.165, 1.54) is 0 Å². The van der Waals surface area contributed by atoms with Crippen LogP contribution in [0.3, 0.4) is 0 Å². The van der Waals surface area contributed by atoms with Gasteiger partial charge in [-0.1, -0.05) is 53.7 Å². The number of rotatable bonds is 4. The molecule has 4 rings (SSSR count). The molecule has 0 fully saturated rings. The smallest absolute Gasteiger partial charge is 0.154 e. The minimum absolute atomic E-state index is 0.690. The first-order valence-electron chi connectivity index (χ1n) is 7.94. The van der Waals surface area contributed by atoms with E-state index in [0.29, 0.717) is 5.76 Å². The molecule has 0 spiro atoms. The second-order valence-corrected chi connectivity index (χ2v) is 5.45. The molecule has 0 aliphatic carbocycles. The van der Waals surface area contributed by atoms with Crippen molar-refractivity contribution in [1.29, 1.82) is 0 Å². The molecule has 0 atom stereocenters. The molecule has 2 aromatic heterocycles. The zero-order valence-corrected chi connectivity index (χ0v) is 13.7. The molecule has 0 amide bonds. The van der Waals surface area contributed by atoms with Crippen molar-refractivity contribution in [2.45, 2.75) is 0 Å². The van der Waals surface area contributed by atoms with Crippen LogP contribution >= 0.6 is 0 Å². The summed E-state index contributed by atoms with van der Waals surface area (Å²) in [6, 6.07) is 23.5. The van der Waals surface area contributed by atoms with Gasteiger partial charge in [0.05, 0.1) is 18.3 Å². The van der Waals surface area contributed by atoms with Crippen molar-refractivity contribution in [2.75, 3.05) is 7.11 Å². The van der Waals surface area contributed by atoms with Gasteiger partial charge in [0.15, 0.2) is 5.76 Å². The zero-order chi connectivity index (χ0) is 17.1. The largest absolute Gasteiger partial charge is 0.494 e. The highest BCUT2D eigenvalue weighted by atomic mass is 16.5. The summed E-state index contributed by atoms with van der Waals surface area (Å²) in [4.78, 5) is 4.51. The van der Waals surface area contributed by atoms with Crippen LogP contribution in [0.2, 0.25) is 0 Å². The van der Waals surface area contributed by atoms with Crippen LogP contribution in [0, 0.1) is 0 Å². The Balaban J connectivity index is 2.05. The maximum atomic E-state index is 5.78. The number of nitrogens with zero attached hydrogens (tertiary/aromatic N) is 4. The lowest BCUT2D eigenvalue weighted by Gasteiger charge is -2.14. The topological polar surface area (TPSA) is 52.8 Å². The summed E-state index contributed by atoms with van der Waals surface area (Å²) in [5, 5.41) is 8.63. The maximum absolute atomic E-state index is 5.78. The van der Waals surface area contributed by atoms with E-state index < -0.39 is 0 Å². The summed E-state index contributed by atoms with van der Waals surface area (Å²) in [6.45, 7) is 0. The molecule has 5 nitrogen and oxygen atoms in total. The van der Waals surface area contributed by atoms with E-state index in [0.717, 1.165) is 28.0 Å². The fourth-order valence-corrected chi connectivity index (χ4v) is 2.80. The minimum atomic E-state index is 0.690. The van der Waals surface area contributed by atoms with E-state index in [9.17, 15) is 0 Å². The second kappa shape index (κ2) is 6.57. The number of fused-ring (bicyclic) bond motifs is 1. The molecule has 0 saturated carbocycles. The summed E-state index contributed by atoms with van der Waals surface area (Å²) in [6.07, 6.45) is 1.76. The van der Waals surface area contributed by atoms with Crippen molar-refractivity contribution in [1.82, 2.24) is 20.0 Å². The Morgan fingerprint density at radius 1 is 0.880 bits per heavy atom. The first kappa shape index (κ1) is 15.1. The minimum Gasteiger partial charge on any atom is -0.494 e. The average molecular weight is 328 g/mol. The van der Waals surface area contributed by atoms with Crippen LogP contribution in [-0.4, -0.2) is 27.1 Å².